The molecule has 104 valence electrons. The van der Waals surface area contributed by atoms with E-state index in [1.165, 1.54) is 25.3 Å². The monoisotopic (exact) mass is 281 g/mol. The molecule has 1 aromatic rings. The van der Waals surface area contributed by atoms with Crippen LogP contribution in [0, 0.1) is 0 Å². The van der Waals surface area contributed by atoms with Crippen LogP contribution in [0.4, 0.5) is 0 Å². The summed E-state index contributed by atoms with van der Waals surface area (Å²) in [5.41, 5.74) is 0.551. The van der Waals surface area contributed by atoms with E-state index in [0.29, 0.717) is 18.2 Å². The number of rotatable bonds is 3. The molecule has 3 nitrogen and oxygen atoms in total. The predicted molar refractivity (Wildman–Crippen MR) is 76.7 cm³/mol. The number of aromatic hydroxyl groups is 1. The molecule has 1 aliphatic carbocycles. The quantitative estimate of drug-likeness (QED) is 0.914. The van der Waals surface area contributed by atoms with Crippen molar-refractivity contribution in [2.45, 2.75) is 45.1 Å². The number of amides is 1. The highest BCUT2D eigenvalue weighted by Crippen LogP contribution is 2.27. The zero-order chi connectivity index (χ0) is 13.8. The van der Waals surface area contributed by atoms with Crippen molar-refractivity contribution in [1.29, 1.82) is 0 Å². The van der Waals surface area contributed by atoms with Gasteiger partial charge in [-0.2, -0.15) is 0 Å². The maximum atomic E-state index is 12.5. The predicted octanol–water partition coefficient (Wildman–Crippen LogP) is 3.84. The van der Waals surface area contributed by atoms with Gasteiger partial charge in [-0.1, -0.05) is 30.9 Å². The zero-order valence-corrected chi connectivity index (χ0v) is 12.0. The molecule has 0 unspecified atom stereocenters. The molecular weight excluding hydrogens is 262 g/mol. The highest BCUT2D eigenvalue weighted by molar-refractivity contribution is 6.32. The summed E-state index contributed by atoms with van der Waals surface area (Å²) in [6.45, 7) is 2.72. The van der Waals surface area contributed by atoms with Crippen LogP contribution in [-0.4, -0.2) is 28.5 Å². The van der Waals surface area contributed by atoms with E-state index in [1.807, 2.05) is 11.8 Å². The minimum absolute atomic E-state index is 0.0105. The van der Waals surface area contributed by atoms with Gasteiger partial charge in [0.2, 0.25) is 0 Å². The number of benzene rings is 1. The number of phenols is 1. The van der Waals surface area contributed by atoms with Crippen molar-refractivity contribution in [3.8, 4) is 5.75 Å². The number of carbonyl (C=O) groups excluding carboxylic acids is 1. The molecule has 1 aliphatic rings. The Bertz CT molecular complexity index is 455. The van der Waals surface area contributed by atoms with Crippen LogP contribution in [0.1, 0.15) is 49.4 Å². The second-order valence-corrected chi connectivity index (χ2v) is 5.46. The fourth-order valence-corrected chi connectivity index (χ4v) is 2.95. The molecule has 4 heteroatoms. The van der Waals surface area contributed by atoms with Crippen LogP contribution < -0.4 is 0 Å². The Kier molecular flexibility index (Phi) is 4.70. The molecule has 0 radical (unpaired) electrons. The van der Waals surface area contributed by atoms with Gasteiger partial charge in [0.15, 0.2) is 0 Å². The van der Waals surface area contributed by atoms with E-state index in [2.05, 4.69) is 0 Å². The summed E-state index contributed by atoms with van der Waals surface area (Å²) in [7, 11) is 0. The Labute approximate surface area is 119 Å². The lowest BCUT2D eigenvalue weighted by molar-refractivity contribution is 0.0648. The Balaban J connectivity index is 2.17. The van der Waals surface area contributed by atoms with Gasteiger partial charge < -0.3 is 10.0 Å². The Morgan fingerprint density at radius 1 is 1.37 bits per heavy atom. The van der Waals surface area contributed by atoms with Crippen molar-refractivity contribution >= 4 is 17.5 Å². The first kappa shape index (κ1) is 14.2. The lowest BCUT2D eigenvalue weighted by atomic mass is 9.93. The largest absolute Gasteiger partial charge is 0.506 e. The summed E-state index contributed by atoms with van der Waals surface area (Å²) in [6, 6.07) is 5.00. The minimum atomic E-state index is 0.0105. The summed E-state index contributed by atoms with van der Waals surface area (Å²) in [4.78, 5) is 14.5. The second-order valence-electron chi connectivity index (χ2n) is 5.05. The normalized spacial score (nSPS) is 16.3. The molecule has 1 fully saturated rings. The summed E-state index contributed by atoms with van der Waals surface area (Å²) < 4.78 is 0. The third-order valence-electron chi connectivity index (χ3n) is 3.81. The van der Waals surface area contributed by atoms with Gasteiger partial charge in [0.1, 0.15) is 5.75 Å². The van der Waals surface area contributed by atoms with Crippen molar-refractivity contribution in [1.82, 2.24) is 4.90 Å². The number of halogens is 1. The van der Waals surface area contributed by atoms with Crippen LogP contribution >= 0.6 is 11.6 Å². The Morgan fingerprint density at radius 2 is 2.05 bits per heavy atom. The van der Waals surface area contributed by atoms with Crippen LogP contribution in [0.3, 0.4) is 0 Å². The summed E-state index contributed by atoms with van der Waals surface area (Å²) >= 11 is 5.87. The van der Waals surface area contributed by atoms with Gasteiger partial charge in [-0.25, -0.2) is 0 Å². The van der Waals surface area contributed by atoms with Crippen molar-refractivity contribution in [3.05, 3.63) is 28.8 Å². The highest BCUT2D eigenvalue weighted by Gasteiger charge is 2.25. The summed E-state index contributed by atoms with van der Waals surface area (Å²) in [5, 5.41) is 9.64. The van der Waals surface area contributed by atoms with Crippen LogP contribution in [0.15, 0.2) is 18.2 Å². The minimum Gasteiger partial charge on any atom is -0.506 e. The molecule has 0 aliphatic heterocycles. The zero-order valence-electron chi connectivity index (χ0n) is 11.2. The SMILES string of the molecule is CCN(C(=O)c1ccc(O)c(Cl)c1)C1CCCCC1. The van der Waals surface area contributed by atoms with E-state index < -0.39 is 0 Å². The van der Waals surface area contributed by atoms with Crippen molar-refractivity contribution in [3.63, 3.8) is 0 Å². The summed E-state index contributed by atoms with van der Waals surface area (Å²) in [6.07, 6.45) is 5.85. The second kappa shape index (κ2) is 6.29. The lowest BCUT2D eigenvalue weighted by Crippen LogP contribution is -2.41. The van der Waals surface area contributed by atoms with Crippen LogP contribution in [0.5, 0.6) is 5.75 Å². The molecule has 1 aromatic carbocycles. The smallest absolute Gasteiger partial charge is 0.254 e. The van der Waals surface area contributed by atoms with E-state index in [4.69, 9.17) is 11.6 Å². The Hall–Kier alpha value is -1.22. The molecular formula is C15H20ClNO2. The Morgan fingerprint density at radius 3 is 2.63 bits per heavy atom. The number of nitrogens with zero attached hydrogens (tertiary/aromatic N) is 1. The van der Waals surface area contributed by atoms with Crippen LogP contribution in [-0.2, 0) is 0 Å². The molecule has 1 amide bonds. The van der Waals surface area contributed by atoms with Gasteiger partial charge in [-0.15, -0.1) is 0 Å². The topological polar surface area (TPSA) is 40.5 Å². The highest BCUT2D eigenvalue weighted by atomic mass is 35.5. The molecule has 0 spiro atoms. The average Bonchev–Trinajstić information content (AvgIpc) is 2.44. The van der Waals surface area contributed by atoms with E-state index in [-0.39, 0.29) is 16.7 Å². The number of carbonyl (C=O) groups is 1. The average molecular weight is 282 g/mol. The van der Waals surface area contributed by atoms with Gasteiger partial charge in [0.05, 0.1) is 5.02 Å². The number of hydrogen-bond donors (Lipinski definition) is 1. The number of phenolic OH excluding ortho intramolecular Hbond substituents is 1. The third-order valence-corrected chi connectivity index (χ3v) is 4.11. The maximum Gasteiger partial charge on any atom is 0.254 e. The third kappa shape index (κ3) is 3.21. The van der Waals surface area contributed by atoms with Crippen LogP contribution in [0.2, 0.25) is 5.02 Å². The molecule has 0 saturated heterocycles. The lowest BCUT2D eigenvalue weighted by Gasteiger charge is -2.33. The standard InChI is InChI=1S/C15H20ClNO2/c1-2-17(12-6-4-3-5-7-12)15(19)11-8-9-14(18)13(16)10-11/h8-10,12,18H,2-7H2,1H3. The molecule has 0 atom stereocenters. The van der Waals surface area contributed by atoms with Gasteiger partial charge >= 0.3 is 0 Å². The van der Waals surface area contributed by atoms with E-state index >= 15 is 0 Å². The van der Waals surface area contributed by atoms with Gasteiger partial charge in [-0.05, 0) is 38.0 Å². The van der Waals surface area contributed by atoms with Crippen molar-refractivity contribution in [2.24, 2.45) is 0 Å². The fraction of sp³-hybridized carbons (Fsp3) is 0.533. The molecule has 0 bridgehead atoms. The van der Waals surface area contributed by atoms with Gasteiger partial charge in [-0.3, -0.25) is 4.79 Å². The first-order valence-electron chi connectivity index (χ1n) is 6.93. The van der Waals surface area contributed by atoms with E-state index in [1.54, 1.807) is 12.1 Å². The van der Waals surface area contributed by atoms with Crippen molar-refractivity contribution in [2.75, 3.05) is 6.54 Å². The van der Waals surface area contributed by atoms with E-state index in [9.17, 15) is 9.90 Å². The van der Waals surface area contributed by atoms with Crippen molar-refractivity contribution < 1.29 is 9.90 Å². The molecule has 0 aromatic heterocycles. The van der Waals surface area contributed by atoms with Gasteiger partial charge in [0, 0.05) is 18.2 Å². The fourth-order valence-electron chi connectivity index (χ4n) is 2.77. The van der Waals surface area contributed by atoms with E-state index in [0.717, 1.165) is 12.8 Å². The molecule has 2 rings (SSSR count). The first-order valence-corrected chi connectivity index (χ1v) is 7.30. The molecule has 19 heavy (non-hydrogen) atoms. The summed E-state index contributed by atoms with van der Waals surface area (Å²) in [5.74, 6) is 0.0234. The maximum absolute atomic E-state index is 12.5. The molecule has 0 heterocycles. The molecule has 1 saturated carbocycles. The molecule has 1 N–H and O–H groups in total. The number of hydrogen-bond acceptors (Lipinski definition) is 2. The van der Waals surface area contributed by atoms with Gasteiger partial charge in [0.25, 0.3) is 5.91 Å². The first-order chi connectivity index (χ1) is 9.13. The van der Waals surface area contributed by atoms with Crippen LogP contribution in [0.25, 0.3) is 0 Å².